The number of carbonyl (C=O) groups excluding carboxylic acids is 1. The molecule has 6 heteroatoms. The van der Waals surface area contributed by atoms with Crippen LogP contribution in [0.5, 0.6) is 0 Å². The molecule has 0 bridgehead atoms. The maximum atomic E-state index is 13.1. The van der Waals surface area contributed by atoms with E-state index in [1.807, 2.05) is 38.1 Å². The van der Waals surface area contributed by atoms with Gasteiger partial charge in [0, 0.05) is 21.7 Å². The summed E-state index contributed by atoms with van der Waals surface area (Å²) in [6.45, 7) is 4.02. The summed E-state index contributed by atoms with van der Waals surface area (Å²) in [6.07, 6.45) is 5.60. The minimum atomic E-state index is -0.488. The van der Waals surface area contributed by atoms with Crippen molar-refractivity contribution < 1.29 is 4.79 Å². The molecule has 1 amide bonds. The molecule has 4 aromatic rings. The fourth-order valence-electron chi connectivity index (χ4n) is 4.95. The Hall–Kier alpha value is -4.13. The lowest BCUT2D eigenvalue weighted by atomic mass is 9.96. The lowest BCUT2D eigenvalue weighted by molar-refractivity contribution is -0.112. The van der Waals surface area contributed by atoms with Gasteiger partial charge >= 0.3 is 0 Å². The molecule has 1 N–H and O–H groups in total. The number of rotatable bonds is 4. The van der Waals surface area contributed by atoms with E-state index in [9.17, 15) is 15.3 Å². The van der Waals surface area contributed by atoms with Crippen molar-refractivity contribution in [3.63, 3.8) is 0 Å². The van der Waals surface area contributed by atoms with E-state index < -0.39 is 5.91 Å². The average Bonchev–Trinajstić information content (AvgIpc) is 3.36. The molecule has 5 nitrogen and oxygen atoms in total. The summed E-state index contributed by atoms with van der Waals surface area (Å²) in [4.78, 5) is 14.2. The fraction of sp³-hybridized carbons (Fsp3) is 0.207. The van der Waals surface area contributed by atoms with Gasteiger partial charge in [0.05, 0.1) is 11.3 Å². The summed E-state index contributed by atoms with van der Waals surface area (Å²) in [7, 11) is 0. The molecule has 35 heavy (non-hydrogen) atoms. The van der Waals surface area contributed by atoms with Gasteiger partial charge in [-0.15, -0.1) is 11.3 Å². The van der Waals surface area contributed by atoms with Gasteiger partial charge in [-0.25, -0.2) is 0 Å². The Balaban J connectivity index is 1.50. The molecule has 1 aliphatic carbocycles. The van der Waals surface area contributed by atoms with Crippen LogP contribution in [0.15, 0.2) is 54.1 Å². The van der Waals surface area contributed by atoms with Crippen LogP contribution in [0.25, 0.3) is 22.5 Å². The first-order valence-electron chi connectivity index (χ1n) is 11.7. The molecule has 0 spiro atoms. The molecule has 1 aliphatic rings. The number of carbonyl (C=O) groups is 1. The minimum absolute atomic E-state index is 0.0124. The first kappa shape index (κ1) is 22.7. The van der Waals surface area contributed by atoms with Crippen LogP contribution in [-0.2, 0) is 17.6 Å². The van der Waals surface area contributed by atoms with E-state index in [4.69, 9.17) is 0 Å². The Kier molecular flexibility index (Phi) is 5.99. The third-order valence-corrected chi connectivity index (χ3v) is 7.86. The lowest BCUT2D eigenvalue weighted by Gasteiger charge is -2.13. The quantitative estimate of drug-likeness (QED) is 0.266. The first-order valence-corrected chi connectivity index (χ1v) is 12.5. The molecule has 0 radical (unpaired) electrons. The highest BCUT2D eigenvalue weighted by Crippen LogP contribution is 2.38. The van der Waals surface area contributed by atoms with E-state index >= 15 is 0 Å². The zero-order chi connectivity index (χ0) is 24.5. The normalized spacial score (nSPS) is 13.2. The van der Waals surface area contributed by atoms with Crippen molar-refractivity contribution in [1.29, 1.82) is 10.5 Å². The number of hydrogen-bond acceptors (Lipinski definition) is 4. The number of nitrogens with zero attached hydrogens (tertiary/aromatic N) is 3. The summed E-state index contributed by atoms with van der Waals surface area (Å²) in [5.74, 6) is -0.488. The predicted octanol–water partition coefficient (Wildman–Crippen LogP) is 6.61. The molecule has 2 heterocycles. The van der Waals surface area contributed by atoms with Crippen molar-refractivity contribution in [2.45, 2.75) is 39.5 Å². The monoisotopic (exact) mass is 476 g/mol. The number of thiophene rings is 1. The second kappa shape index (κ2) is 9.25. The van der Waals surface area contributed by atoms with Gasteiger partial charge < -0.3 is 9.88 Å². The highest BCUT2D eigenvalue weighted by molar-refractivity contribution is 7.16. The number of aromatic nitrogens is 1. The average molecular weight is 477 g/mol. The fourth-order valence-corrected chi connectivity index (χ4v) is 6.19. The maximum Gasteiger partial charge on any atom is 0.266 e. The number of nitriles is 2. The highest BCUT2D eigenvalue weighted by Gasteiger charge is 2.23. The molecule has 2 aromatic carbocycles. The van der Waals surface area contributed by atoms with Crippen LogP contribution >= 0.6 is 11.3 Å². The Morgan fingerprint density at radius 3 is 2.66 bits per heavy atom. The van der Waals surface area contributed by atoms with Gasteiger partial charge in [0.1, 0.15) is 22.7 Å². The van der Waals surface area contributed by atoms with Crippen molar-refractivity contribution in [3.8, 4) is 17.8 Å². The number of amides is 1. The number of benzene rings is 2. The van der Waals surface area contributed by atoms with Crippen LogP contribution < -0.4 is 5.32 Å². The first-order chi connectivity index (χ1) is 17.0. The summed E-state index contributed by atoms with van der Waals surface area (Å²) in [6, 6.07) is 20.7. The third kappa shape index (κ3) is 4.03. The van der Waals surface area contributed by atoms with Gasteiger partial charge in [-0.2, -0.15) is 10.5 Å². The van der Waals surface area contributed by atoms with Crippen LogP contribution in [0, 0.1) is 36.5 Å². The second-order valence-corrected chi connectivity index (χ2v) is 9.92. The highest BCUT2D eigenvalue weighted by atomic mass is 32.1. The number of hydrogen-bond donors (Lipinski definition) is 1. The number of anilines is 1. The number of fused-ring (bicyclic) bond motifs is 2. The van der Waals surface area contributed by atoms with Crippen LogP contribution in [0.1, 0.15) is 45.8 Å². The largest absolute Gasteiger partial charge is 0.317 e. The molecule has 0 unspecified atom stereocenters. The standard InChI is InChI=1S/C29H24N4OS/c1-18-14-21(19(2)33(18)26-12-7-9-20-8-3-4-10-23(20)26)15-22(16-30)28(34)32-29-25(17-31)24-11-5-6-13-27(24)35-29/h3-4,7-10,12,14-15H,5-6,11,13H2,1-2H3,(H,32,34)/b22-15+. The number of nitrogens with one attached hydrogen (secondary N) is 1. The van der Waals surface area contributed by atoms with Crippen molar-refractivity contribution in [2.24, 2.45) is 0 Å². The van der Waals surface area contributed by atoms with E-state index in [1.165, 1.54) is 16.2 Å². The Labute approximate surface area is 208 Å². The molecule has 2 aromatic heterocycles. The van der Waals surface area contributed by atoms with Crippen molar-refractivity contribution in [1.82, 2.24) is 4.57 Å². The van der Waals surface area contributed by atoms with Gasteiger partial charge in [-0.3, -0.25) is 4.79 Å². The van der Waals surface area contributed by atoms with E-state index in [0.29, 0.717) is 10.6 Å². The van der Waals surface area contributed by atoms with Crippen LogP contribution in [0.3, 0.4) is 0 Å². The molecule has 0 saturated heterocycles. The Morgan fingerprint density at radius 1 is 1.09 bits per heavy atom. The van der Waals surface area contributed by atoms with Crippen LogP contribution in [-0.4, -0.2) is 10.5 Å². The van der Waals surface area contributed by atoms with Crippen LogP contribution in [0.2, 0.25) is 0 Å². The van der Waals surface area contributed by atoms with E-state index in [0.717, 1.165) is 64.7 Å². The van der Waals surface area contributed by atoms with Gasteiger partial charge in [0.25, 0.3) is 5.91 Å². The van der Waals surface area contributed by atoms with Crippen molar-refractivity contribution in [2.75, 3.05) is 5.32 Å². The predicted molar refractivity (Wildman–Crippen MR) is 141 cm³/mol. The van der Waals surface area contributed by atoms with Gasteiger partial charge in [0.2, 0.25) is 0 Å². The molecule has 172 valence electrons. The molecule has 0 fully saturated rings. The summed E-state index contributed by atoms with van der Waals surface area (Å²) in [5.41, 5.74) is 5.45. The smallest absolute Gasteiger partial charge is 0.266 e. The summed E-state index contributed by atoms with van der Waals surface area (Å²) < 4.78 is 2.15. The van der Waals surface area contributed by atoms with Gasteiger partial charge in [0.15, 0.2) is 0 Å². The molecule has 0 aliphatic heterocycles. The number of aryl methyl sites for hydroxylation is 2. The molecule has 0 atom stereocenters. The Bertz CT molecular complexity index is 1580. The van der Waals surface area contributed by atoms with Crippen molar-refractivity contribution >= 4 is 39.1 Å². The minimum Gasteiger partial charge on any atom is -0.317 e. The zero-order valence-electron chi connectivity index (χ0n) is 19.7. The SMILES string of the molecule is Cc1cc(/C=C(\C#N)C(=O)Nc2sc3c(c2C#N)CCCC3)c(C)n1-c1cccc2ccccc12. The third-order valence-electron chi connectivity index (χ3n) is 6.65. The second-order valence-electron chi connectivity index (χ2n) is 8.81. The maximum absolute atomic E-state index is 13.1. The van der Waals surface area contributed by atoms with Gasteiger partial charge in [-0.05, 0) is 74.3 Å². The van der Waals surface area contributed by atoms with Crippen molar-refractivity contribution in [3.05, 3.63) is 87.1 Å². The molecule has 5 rings (SSSR count). The zero-order valence-corrected chi connectivity index (χ0v) is 20.5. The molecule has 0 saturated carbocycles. The topological polar surface area (TPSA) is 81.6 Å². The van der Waals surface area contributed by atoms with E-state index in [2.05, 4.69) is 46.3 Å². The summed E-state index contributed by atoms with van der Waals surface area (Å²) >= 11 is 1.46. The van der Waals surface area contributed by atoms with Gasteiger partial charge in [-0.1, -0.05) is 36.4 Å². The summed E-state index contributed by atoms with van der Waals surface area (Å²) in [5, 5.41) is 25.2. The van der Waals surface area contributed by atoms with E-state index in [-0.39, 0.29) is 5.57 Å². The molecular weight excluding hydrogens is 452 g/mol. The lowest BCUT2D eigenvalue weighted by Crippen LogP contribution is -2.13. The molecular formula is C29H24N4OS. The Morgan fingerprint density at radius 2 is 1.86 bits per heavy atom. The van der Waals surface area contributed by atoms with Crippen LogP contribution in [0.4, 0.5) is 5.00 Å². The van der Waals surface area contributed by atoms with E-state index in [1.54, 1.807) is 6.08 Å².